The van der Waals surface area contributed by atoms with Gasteiger partial charge in [-0.1, -0.05) is 41.1 Å². The van der Waals surface area contributed by atoms with Crippen molar-refractivity contribution in [1.29, 1.82) is 0 Å². The molecular formula is C20H18ClFN4O2S. The molecule has 0 atom stereocenters. The summed E-state index contributed by atoms with van der Waals surface area (Å²) >= 11 is 7.09. The Morgan fingerprint density at radius 3 is 2.66 bits per heavy atom. The van der Waals surface area contributed by atoms with Crippen LogP contribution >= 0.6 is 22.9 Å². The van der Waals surface area contributed by atoms with E-state index in [1.807, 2.05) is 0 Å². The van der Waals surface area contributed by atoms with Crippen molar-refractivity contribution in [2.24, 2.45) is 0 Å². The van der Waals surface area contributed by atoms with Crippen LogP contribution in [0.1, 0.15) is 33.2 Å². The molecule has 0 aliphatic carbocycles. The molecular weight excluding hydrogens is 415 g/mol. The molecule has 0 aliphatic heterocycles. The van der Waals surface area contributed by atoms with Crippen molar-refractivity contribution >= 4 is 40.4 Å². The van der Waals surface area contributed by atoms with Crippen LogP contribution in [0.5, 0.6) is 0 Å². The Balaban J connectivity index is 1.41. The third-order valence-corrected chi connectivity index (χ3v) is 5.16. The molecule has 3 aromatic rings. The Labute approximate surface area is 176 Å². The normalized spacial score (nSPS) is 10.6. The van der Waals surface area contributed by atoms with Gasteiger partial charge in [0, 0.05) is 30.1 Å². The molecule has 0 spiro atoms. The molecule has 0 saturated heterocycles. The Kier molecular flexibility index (Phi) is 7.26. The van der Waals surface area contributed by atoms with Crippen molar-refractivity contribution in [3.8, 4) is 0 Å². The SMILES string of the molecule is O=C(CCCc1nnc(C(=O)Nc2cccc(Cl)c2)s1)NCc1ccc(F)cc1. The summed E-state index contributed by atoms with van der Waals surface area (Å²) in [6.07, 6.45) is 1.46. The molecule has 150 valence electrons. The van der Waals surface area contributed by atoms with Crippen molar-refractivity contribution in [3.63, 3.8) is 0 Å². The van der Waals surface area contributed by atoms with E-state index >= 15 is 0 Å². The van der Waals surface area contributed by atoms with Gasteiger partial charge in [-0.25, -0.2) is 4.39 Å². The van der Waals surface area contributed by atoms with E-state index in [9.17, 15) is 14.0 Å². The highest BCUT2D eigenvalue weighted by Crippen LogP contribution is 2.18. The first kappa shape index (κ1) is 20.9. The number of carbonyl (C=O) groups excluding carboxylic acids is 2. The number of aromatic nitrogens is 2. The lowest BCUT2D eigenvalue weighted by Crippen LogP contribution is -2.22. The predicted octanol–water partition coefficient (Wildman–Crippen LogP) is 4.22. The van der Waals surface area contributed by atoms with E-state index in [-0.39, 0.29) is 22.6 Å². The lowest BCUT2D eigenvalue weighted by atomic mass is 10.2. The summed E-state index contributed by atoms with van der Waals surface area (Å²) < 4.78 is 12.9. The number of hydrogen-bond donors (Lipinski definition) is 2. The molecule has 2 aromatic carbocycles. The van der Waals surface area contributed by atoms with Gasteiger partial charge in [0.05, 0.1) is 0 Å². The first-order chi connectivity index (χ1) is 14.0. The quantitative estimate of drug-likeness (QED) is 0.558. The molecule has 0 unspecified atom stereocenters. The van der Waals surface area contributed by atoms with Gasteiger partial charge in [0.15, 0.2) is 0 Å². The highest BCUT2D eigenvalue weighted by atomic mass is 35.5. The fourth-order valence-corrected chi connectivity index (χ4v) is 3.46. The lowest BCUT2D eigenvalue weighted by molar-refractivity contribution is -0.121. The largest absolute Gasteiger partial charge is 0.352 e. The zero-order chi connectivity index (χ0) is 20.6. The third kappa shape index (κ3) is 6.62. The number of carbonyl (C=O) groups is 2. The van der Waals surface area contributed by atoms with Crippen LogP contribution in [-0.2, 0) is 17.8 Å². The second-order valence-electron chi connectivity index (χ2n) is 6.22. The minimum atomic E-state index is -0.354. The first-order valence-corrected chi connectivity index (χ1v) is 10.1. The van der Waals surface area contributed by atoms with Gasteiger partial charge in [-0.05, 0) is 42.3 Å². The summed E-state index contributed by atoms with van der Waals surface area (Å²) in [4.78, 5) is 24.2. The highest BCUT2D eigenvalue weighted by Gasteiger charge is 2.13. The van der Waals surface area contributed by atoms with Gasteiger partial charge in [-0.2, -0.15) is 0 Å². The van der Waals surface area contributed by atoms with E-state index in [1.54, 1.807) is 36.4 Å². The summed E-state index contributed by atoms with van der Waals surface area (Å²) in [5, 5.41) is 14.9. The van der Waals surface area contributed by atoms with Gasteiger partial charge >= 0.3 is 0 Å². The van der Waals surface area contributed by atoms with E-state index < -0.39 is 0 Å². The molecule has 1 heterocycles. The van der Waals surface area contributed by atoms with Crippen molar-refractivity contribution in [3.05, 3.63) is 74.9 Å². The van der Waals surface area contributed by atoms with Crippen molar-refractivity contribution in [1.82, 2.24) is 15.5 Å². The predicted molar refractivity (Wildman–Crippen MR) is 110 cm³/mol. The molecule has 9 heteroatoms. The molecule has 0 saturated carbocycles. The summed E-state index contributed by atoms with van der Waals surface area (Å²) in [5.74, 6) is -0.761. The zero-order valence-electron chi connectivity index (χ0n) is 15.3. The van der Waals surface area contributed by atoms with Gasteiger partial charge < -0.3 is 10.6 Å². The maximum atomic E-state index is 12.9. The molecule has 0 fully saturated rings. The first-order valence-electron chi connectivity index (χ1n) is 8.90. The lowest BCUT2D eigenvalue weighted by Gasteiger charge is -2.04. The van der Waals surface area contributed by atoms with E-state index in [0.29, 0.717) is 41.5 Å². The van der Waals surface area contributed by atoms with Crippen LogP contribution < -0.4 is 10.6 Å². The van der Waals surface area contributed by atoms with Gasteiger partial charge in [-0.3, -0.25) is 9.59 Å². The molecule has 29 heavy (non-hydrogen) atoms. The molecule has 1 aromatic heterocycles. The smallest absolute Gasteiger partial charge is 0.286 e. The van der Waals surface area contributed by atoms with E-state index in [1.165, 1.54) is 23.5 Å². The van der Waals surface area contributed by atoms with Crippen molar-refractivity contribution < 1.29 is 14.0 Å². The van der Waals surface area contributed by atoms with E-state index in [0.717, 1.165) is 5.56 Å². The fraction of sp³-hybridized carbons (Fsp3) is 0.200. The maximum Gasteiger partial charge on any atom is 0.286 e. The average Bonchev–Trinajstić information content (AvgIpc) is 3.17. The Morgan fingerprint density at radius 1 is 1.10 bits per heavy atom. The van der Waals surface area contributed by atoms with Crippen LogP contribution in [-0.4, -0.2) is 22.0 Å². The number of anilines is 1. The van der Waals surface area contributed by atoms with Crippen LogP contribution in [0, 0.1) is 5.82 Å². The molecule has 6 nitrogen and oxygen atoms in total. The number of nitrogens with one attached hydrogen (secondary N) is 2. The molecule has 2 amide bonds. The topological polar surface area (TPSA) is 84.0 Å². The molecule has 0 aliphatic rings. The Bertz CT molecular complexity index is 994. The van der Waals surface area contributed by atoms with Crippen molar-refractivity contribution in [2.75, 3.05) is 5.32 Å². The number of aryl methyl sites for hydroxylation is 1. The van der Waals surface area contributed by atoms with E-state index in [4.69, 9.17) is 11.6 Å². The summed E-state index contributed by atoms with van der Waals surface area (Å²) in [6.45, 7) is 0.353. The summed E-state index contributed by atoms with van der Waals surface area (Å²) in [5.41, 5.74) is 1.41. The number of halogens is 2. The van der Waals surface area contributed by atoms with Gasteiger partial charge in [0.25, 0.3) is 5.91 Å². The third-order valence-electron chi connectivity index (χ3n) is 3.94. The highest BCUT2D eigenvalue weighted by molar-refractivity contribution is 7.13. The van der Waals surface area contributed by atoms with Crippen LogP contribution in [0.15, 0.2) is 48.5 Å². The number of amides is 2. The average molecular weight is 433 g/mol. The minimum Gasteiger partial charge on any atom is -0.352 e. The van der Waals surface area contributed by atoms with Crippen LogP contribution in [0.25, 0.3) is 0 Å². The monoisotopic (exact) mass is 432 g/mol. The molecule has 3 rings (SSSR count). The molecule has 0 radical (unpaired) electrons. The minimum absolute atomic E-state index is 0.0993. The van der Waals surface area contributed by atoms with Gasteiger partial charge in [-0.15, -0.1) is 10.2 Å². The molecule has 0 bridgehead atoms. The van der Waals surface area contributed by atoms with Gasteiger partial charge in [0.1, 0.15) is 10.8 Å². The van der Waals surface area contributed by atoms with Crippen LogP contribution in [0.3, 0.4) is 0 Å². The van der Waals surface area contributed by atoms with Crippen LogP contribution in [0.4, 0.5) is 10.1 Å². The summed E-state index contributed by atoms with van der Waals surface area (Å²) in [7, 11) is 0. The van der Waals surface area contributed by atoms with Gasteiger partial charge in [0.2, 0.25) is 10.9 Å². The number of hydrogen-bond acceptors (Lipinski definition) is 5. The van der Waals surface area contributed by atoms with E-state index in [2.05, 4.69) is 20.8 Å². The Morgan fingerprint density at radius 2 is 1.90 bits per heavy atom. The molecule has 2 N–H and O–H groups in total. The maximum absolute atomic E-state index is 12.9. The van der Waals surface area contributed by atoms with Crippen LogP contribution in [0.2, 0.25) is 5.02 Å². The van der Waals surface area contributed by atoms with Crippen molar-refractivity contribution in [2.45, 2.75) is 25.8 Å². The number of benzene rings is 2. The standard InChI is InChI=1S/C20H18ClFN4O2S/c21-14-3-1-4-16(11-14)24-19(28)20-26-25-18(29-20)6-2-5-17(27)23-12-13-7-9-15(22)10-8-13/h1,3-4,7-11H,2,5-6,12H2,(H,23,27)(H,24,28). The second-order valence-corrected chi connectivity index (χ2v) is 7.72. The Hall–Kier alpha value is -2.84. The number of nitrogens with zero attached hydrogens (tertiary/aromatic N) is 2. The number of rotatable bonds is 8. The zero-order valence-corrected chi connectivity index (χ0v) is 16.9. The summed E-state index contributed by atoms with van der Waals surface area (Å²) in [6, 6.07) is 12.8. The fourth-order valence-electron chi connectivity index (χ4n) is 2.49. The second kappa shape index (κ2) is 10.1.